The number of nitrogens with zero attached hydrogens (tertiary/aromatic N) is 2. The minimum atomic E-state index is 0.675. The SMILES string of the molecule is C=CCCCN(C)C(=NCc1ccc(COCC)cc1)NCC. The summed E-state index contributed by atoms with van der Waals surface area (Å²) in [5.41, 5.74) is 2.41. The third-order valence-electron chi connectivity index (χ3n) is 3.51. The van der Waals surface area contributed by atoms with E-state index in [0.717, 1.165) is 38.5 Å². The predicted molar refractivity (Wildman–Crippen MR) is 98.6 cm³/mol. The monoisotopic (exact) mass is 317 g/mol. The molecule has 0 aliphatic heterocycles. The average molecular weight is 317 g/mol. The number of rotatable bonds is 10. The number of benzene rings is 1. The molecule has 1 rings (SSSR count). The van der Waals surface area contributed by atoms with Gasteiger partial charge >= 0.3 is 0 Å². The summed E-state index contributed by atoms with van der Waals surface area (Å²) in [5, 5.41) is 3.35. The Balaban J connectivity index is 2.59. The molecule has 4 heteroatoms. The zero-order chi connectivity index (χ0) is 16.9. The van der Waals surface area contributed by atoms with Gasteiger partial charge in [0, 0.05) is 26.7 Å². The Hall–Kier alpha value is -1.81. The molecule has 0 unspecified atom stereocenters. The molecule has 0 saturated carbocycles. The summed E-state index contributed by atoms with van der Waals surface area (Å²) >= 11 is 0. The Morgan fingerprint density at radius 3 is 2.57 bits per heavy atom. The quantitative estimate of drug-likeness (QED) is 0.310. The van der Waals surface area contributed by atoms with Crippen LogP contribution in [-0.2, 0) is 17.9 Å². The van der Waals surface area contributed by atoms with Crippen LogP contribution in [0.2, 0.25) is 0 Å². The normalized spacial score (nSPS) is 11.3. The minimum Gasteiger partial charge on any atom is -0.377 e. The number of aliphatic imine (C=N–C) groups is 1. The molecular formula is C19H31N3O. The van der Waals surface area contributed by atoms with Crippen LogP contribution in [0.5, 0.6) is 0 Å². The van der Waals surface area contributed by atoms with E-state index >= 15 is 0 Å². The first-order chi connectivity index (χ1) is 11.2. The Bertz CT molecular complexity index is 468. The van der Waals surface area contributed by atoms with Crippen molar-refractivity contribution >= 4 is 5.96 Å². The molecule has 0 amide bonds. The Morgan fingerprint density at radius 2 is 1.96 bits per heavy atom. The minimum absolute atomic E-state index is 0.675. The van der Waals surface area contributed by atoms with Crippen LogP contribution in [0.25, 0.3) is 0 Å². The van der Waals surface area contributed by atoms with Crippen molar-refractivity contribution < 1.29 is 4.74 Å². The van der Waals surface area contributed by atoms with E-state index in [-0.39, 0.29) is 0 Å². The number of ether oxygens (including phenoxy) is 1. The van der Waals surface area contributed by atoms with Crippen molar-refractivity contribution in [3.63, 3.8) is 0 Å². The Morgan fingerprint density at radius 1 is 1.26 bits per heavy atom. The lowest BCUT2D eigenvalue weighted by Gasteiger charge is -2.21. The lowest BCUT2D eigenvalue weighted by molar-refractivity contribution is 0.134. The molecule has 0 spiro atoms. The summed E-state index contributed by atoms with van der Waals surface area (Å²) in [6, 6.07) is 8.47. The van der Waals surface area contributed by atoms with Crippen molar-refractivity contribution in [3.8, 4) is 0 Å². The molecule has 0 heterocycles. The summed E-state index contributed by atoms with van der Waals surface area (Å²) in [7, 11) is 2.08. The molecule has 1 aromatic rings. The van der Waals surface area contributed by atoms with Gasteiger partial charge in [-0.1, -0.05) is 30.3 Å². The third-order valence-corrected chi connectivity index (χ3v) is 3.51. The first kappa shape index (κ1) is 19.2. The second kappa shape index (κ2) is 11.7. The number of guanidine groups is 1. The van der Waals surface area contributed by atoms with Gasteiger partial charge in [-0.3, -0.25) is 0 Å². The van der Waals surface area contributed by atoms with Gasteiger partial charge in [0.05, 0.1) is 13.2 Å². The standard InChI is InChI=1S/C19H31N3O/c1-5-8-9-14-22(4)19(20-6-2)21-15-17-10-12-18(13-11-17)16-23-7-3/h5,10-13H,1,6-9,14-16H2,2-4H3,(H,20,21). The van der Waals surface area contributed by atoms with Crippen LogP contribution < -0.4 is 5.32 Å². The highest BCUT2D eigenvalue weighted by Gasteiger charge is 2.04. The van der Waals surface area contributed by atoms with E-state index < -0.39 is 0 Å². The molecule has 0 aromatic heterocycles. The van der Waals surface area contributed by atoms with Crippen molar-refractivity contribution in [2.75, 3.05) is 26.7 Å². The van der Waals surface area contributed by atoms with Crippen molar-refractivity contribution in [2.24, 2.45) is 4.99 Å². The van der Waals surface area contributed by atoms with E-state index in [4.69, 9.17) is 9.73 Å². The van der Waals surface area contributed by atoms with E-state index in [1.807, 2.05) is 13.0 Å². The number of unbranched alkanes of at least 4 members (excludes halogenated alkanes) is 1. The van der Waals surface area contributed by atoms with Gasteiger partial charge in [-0.2, -0.15) is 0 Å². The van der Waals surface area contributed by atoms with E-state index in [0.29, 0.717) is 13.2 Å². The second-order valence-electron chi connectivity index (χ2n) is 5.48. The number of allylic oxidation sites excluding steroid dienone is 1. The largest absolute Gasteiger partial charge is 0.377 e. The topological polar surface area (TPSA) is 36.9 Å². The van der Waals surface area contributed by atoms with Crippen LogP contribution in [-0.4, -0.2) is 37.6 Å². The maximum Gasteiger partial charge on any atom is 0.193 e. The van der Waals surface area contributed by atoms with Gasteiger partial charge in [-0.05, 0) is 37.8 Å². The molecule has 0 atom stereocenters. The lowest BCUT2D eigenvalue weighted by Crippen LogP contribution is -2.39. The molecule has 0 saturated heterocycles. The second-order valence-corrected chi connectivity index (χ2v) is 5.48. The Kier molecular flexibility index (Phi) is 9.80. The molecule has 0 aliphatic carbocycles. The first-order valence-corrected chi connectivity index (χ1v) is 8.47. The van der Waals surface area contributed by atoms with Crippen molar-refractivity contribution in [1.29, 1.82) is 0 Å². The molecule has 1 aromatic carbocycles. The van der Waals surface area contributed by atoms with E-state index in [2.05, 4.69) is 55.0 Å². The van der Waals surface area contributed by atoms with Crippen LogP contribution >= 0.6 is 0 Å². The molecule has 0 bridgehead atoms. The van der Waals surface area contributed by atoms with E-state index in [9.17, 15) is 0 Å². The predicted octanol–water partition coefficient (Wildman–Crippen LogP) is 3.59. The fraction of sp³-hybridized carbons (Fsp3) is 0.526. The lowest BCUT2D eigenvalue weighted by atomic mass is 10.1. The number of nitrogens with one attached hydrogen (secondary N) is 1. The van der Waals surface area contributed by atoms with Gasteiger partial charge in [0.1, 0.15) is 0 Å². The number of hydrogen-bond acceptors (Lipinski definition) is 2. The average Bonchev–Trinajstić information content (AvgIpc) is 2.57. The molecule has 23 heavy (non-hydrogen) atoms. The van der Waals surface area contributed by atoms with Crippen molar-refractivity contribution in [1.82, 2.24) is 10.2 Å². The summed E-state index contributed by atoms with van der Waals surface area (Å²) < 4.78 is 5.42. The maximum atomic E-state index is 5.42. The molecular weight excluding hydrogens is 286 g/mol. The molecule has 128 valence electrons. The third kappa shape index (κ3) is 7.84. The highest BCUT2D eigenvalue weighted by atomic mass is 16.5. The fourth-order valence-electron chi connectivity index (χ4n) is 2.18. The summed E-state index contributed by atoms with van der Waals surface area (Å²) in [6.07, 6.45) is 4.09. The first-order valence-electron chi connectivity index (χ1n) is 8.47. The number of hydrogen-bond donors (Lipinski definition) is 1. The summed E-state index contributed by atoms with van der Waals surface area (Å²) in [4.78, 5) is 6.91. The maximum absolute atomic E-state index is 5.42. The van der Waals surface area contributed by atoms with Crippen LogP contribution in [0.4, 0.5) is 0 Å². The van der Waals surface area contributed by atoms with E-state index in [1.54, 1.807) is 0 Å². The highest BCUT2D eigenvalue weighted by molar-refractivity contribution is 5.79. The van der Waals surface area contributed by atoms with Gasteiger partial charge in [0.2, 0.25) is 0 Å². The highest BCUT2D eigenvalue weighted by Crippen LogP contribution is 2.07. The van der Waals surface area contributed by atoms with Crippen molar-refractivity contribution in [3.05, 3.63) is 48.0 Å². The Labute approximate surface area is 141 Å². The molecule has 0 fully saturated rings. The molecule has 1 N–H and O–H groups in total. The van der Waals surface area contributed by atoms with Crippen LogP contribution in [0.3, 0.4) is 0 Å². The van der Waals surface area contributed by atoms with Crippen LogP contribution in [0.1, 0.15) is 37.8 Å². The smallest absolute Gasteiger partial charge is 0.193 e. The van der Waals surface area contributed by atoms with E-state index in [1.165, 1.54) is 11.1 Å². The summed E-state index contributed by atoms with van der Waals surface area (Å²) in [6.45, 7) is 11.8. The summed E-state index contributed by atoms with van der Waals surface area (Å²) in [5.74, 6) is 0.954. The van der Waals surface area contributed by atoms with Crippen LogP contribution in [0.15, 0.2) is 41.9 Å². The van der Waals surface area contributed by atoms with Gasteiger partial charge in [0.25, 0.3) is 0 Å². The zero-order valence-electron chi connectivity index (χ0n) is 14.8. The molecule has 0 radical (unpaired) electrons. The molecule has 4 nitrogen and oxygen atoms in total. The fourth-order valence-corrected chi connectivity index (χ4v) is 2.18. The van der Waals surface area contributed by atoms with Crippen molar-refractivity contribution in [2.45, 2.75) is 39.8 Å². The van der Waals surface area contributed by atoms with Gasteiger partial charge < -0.3 is 15.0 Å². The van der Waals surface area contributed by atoms with Gasteiger partial charge in [0.15, 0.2) is 5.96 Å². The van der Waals surface area contributed by atoms with Gasteiger partial charge in [-0.15, -0.1) is 6.58 Å². The van der Waals surface area contributed by atoms with Crippen LogP contribution in [0, 0.1) is 0 Å². The van der Waals surface area contributed by atoms with Gasteiger partial charge in [-0.25, -0.2) is 4.99 Å². The zero-order valence-corrected chi connectivity index (χ0v) is 14.8. The molecule has 0 aliphatic rings.